The van der Waals surface area contributed by atoms with Crippen LogP contribution in [0.3, 0.4) is 0 Å². The monoisotopic (exact) mass is 544 g/mol. The quantitative estimate of drug-likeness (QED) is 0.339. The molecule has 198 valence electrons. The van der Waals surface area contributed by atoms with Crippen molar-refractivity contribution in [1.29, 1.82) is 0 Å². The Bertz CT molecular complexity index is 1510. The van der Waals surface area contributed by atoms with Gasteiger partial charge in [-0.25, -0.2) is 4.98 Å². The van der Waals surface area contributed by atoms with Gasteiger partial charge in [0.05, 0.1) is 23.9 Å². The number of anilines is 1. The van der Waals surface area contributed by atoms with Crippen molar-refractivity contribution in [3.8, 4) is 0 Å². The molecule has 0 atom stereocenters. The van der Waals surface area contributed by atoms with Gasteiger partial charge < -0.3 is 19.7 Å². The lowest BCUT2D eigenvalue weighted by Crippen LogP contribution is -2.36. The third kappa shape index (κ3) is 4.89. The molecule has 1 aromatic carbocycles. The Kier molecular flexibility index (Phi) is 6.95. The van der Waals surface area contributed by atoms with Crippen LogP contribution in [0.2, 0.25) is 0 Å². The van der Waals surface area contributed by atoms with Crippen molar-refractivity contribution in [2.24, 2.45) is 0 Å². The fourth-order valence-electron chi connectivity index (χ4n) is 4.54. The molecule has 0 aliphatic carbocycles. The topological polar surface area (TPSA) is 85.2 Å². The van der Waals surface area contributed by atoms with Crippen LogP contribution in [0.1, 0.15) is 48.7 Å². The van der Waals surface area contributed by atoms with E-state index in [-0.39, 0.29) is 17.2 Å². The summed E-state index contributed by atoms with van der Waals surface area (Å²) in [6, 6.07) is 8.67. The van der Waals surface area contributed by atoms with Gasteiger partial charge in [0.25, 0.3) is 11.8 Å². The van der Waals surface area contributed by atoms with Crippen molar-refractivity contribution in [2.45, 2.75) is 25.4 Å². The number of benzene rings is 1. The van der Waals surface area contributed by atoms with E-state index >= 15 is 0 Å². The van der Waals surface area contributed by atoms with Gasteiger partial charge in [0, 0.05) is 48.5 Å². The SMILES string of the molecule is COC(OC)c1cc(NC(=O)c2csc3c2CCN(C(=O)c2cnc4ccccn24)C3)cc(C(F)(F)F)c1. The summed E-state index contributed by atoms with van der Waals surface area (Å²) in [6.45, 7) is 0.712. The number of thiophene rings is 1. The molecule has 0 saturated heterocycles. The summed E-state index contributed by atoms with van der Waals surface area (Å²) >= 11 is 1.34. The van der Waals surface area contributed by atoms with E-state index in [4.69, 9.17) is 9.47 Å². The number of halogens is 3. The third-order valence-corrected chi connectivity index (χ3v) is 7.37. The summed E-state index contributed by atoms with van der Waals surface area (Å²) in [5, 5.41) is 4.26. The molecule has 5 rings (SSSR count). The van der Waals surface area contributed by atoms with Crippen molar-refractivity contribution >= 4 is 34.5 Å². The summed E-state index contributed by atoms with van der Waals surface area (Å²) in [5.74, 6) is -0.697. The first-order chi connectivity index (χ1) is 18.2. The normalized spacial score (nSPS) is 13.7. The van der Waals surface area contributed by atoms with Gasteiger partial charge in [0.2, 0.25) is 0 Å². The highest BCUT2D eigenvalue weighted by Gasteiger charge is 2.33. The number of nitrogens with zero attached hydrogens (tertiary/aromatic N) is 3. The van der Waals surface area contributed by atoms with E-state index in [9.17, 15) is 22.8 Å². The summed E-state index contributed by atoms with van der Waals surface area (Å²) in [4.78, 5) is 33.2. The molecule has 4 heterocycles. The molecule has 38 heavy (non-hydrogen) atoms. The number of amides is 2. The standard InChI is InChI=1S/C26H23F3N4O4S/c1-36-25(37-2)15-9-16(26(27,28)29)11-17(10-15)31-23(34)19-14-38-21-13-32(8-6-18(19)21)24(35)20-12-30-22-5-3-4-7-33(20)22/h3-5,7,9-12,14,25H,6,8,13H2,1-2H3,(H,31,34). The van der Waals surface area contributed by atoms with Gasteiger partial charge in [-0.05, 0) is 42.3 Å². The number of nitrogens with one attached hydrogen (secondary N) is 1. The average molecular weight is 545 g/mol. The Morgan fingerprint density at radius 2 is 1.95 bits per heavy atom. The number of aromatic nitrogens is 2. The Balaban J connectivity index is 1.36. The van der Waals surface area contributed by atoms with Gasteiger partial charge >= 0.3 is 6.18 Å². The lowest BCUT2D eigenvalue weighted by atomic mass is 10.0. The van der Waals surface area contributed by atoms with E-state index in [1.165, 1.54) is 31.6 Å². The largest absolute Gasteiger partial charge is 0.416 e. The molecule has 4 aromatic rings. The molecule has 2 amide bonds. The second-order valence-corrected chi connectivity index (χ2v) is 9.66. The van der Waals surface area contributed by atoms with Crippen LogP contribution in [0, 0.1) is 0 Å². The summed E-state index contributed by atoms with van der Waals surface area (Å²) in [5.41, 5.74) is 1.44. The molecule has 0 spiro atoms. The number of pyridine rings is 1. The Morgan fingerprint density at radius 3 is 2.68 bits per heavy atom. The molecule has 3 aromatic heterocycles. The van der Waals surface area contributed by atoms with Crippen LogP contribution in [0.15, 0.2) is 54.2 Å². The van der Waals surface area contributed by atoms with E-state index < -0.39 is 23.9 Å². The Labute approximate surface area is 219 Å². The maximum Gasteiger partial charge on any atom is 0.416 e. The number of alkyl halides is 3. The molecular formula is C26H23F3N4O4S. The van der Waals surface area contributed by atoms with Crippen LogP contribution < -0.4 is 5.32 Å². The van der Waals surface area contributed by atoms with Crippen LogP contribution in [0.4, 0.5) is 18.9 Å². The summed E-state index contributed by atoms with van der Waals surface area (Å²) in [7, 11) is 2.63. The number of imidazole rings is 1. The highest BCUT2D eigenvalue weighted by molar-refractivity contribution is 7.10. The first kappa shape index (κ1) is 25.9. The molecule has 0 fully saturated rings. The summed E-state index contributed by atoms with van der Waals surface area (Å²) < 4.78 is 52.5. The predicted octanol–water partition coefficient (Wildman–Crippen LogP) is 5.16. The van der Waals surface area contributed by atoms with Crippen molar-refractivity contribution < 1.29 is 32.2 Å². The van der Waals surface area contributed by atoms with Crippen molar-refractivity contribution in [1.82, 2.24) is 14.3 Å². The lowest BCUT2D eigenvalue weighted by molar-refractivity contribution is -0.138. The maximum atomic E-state index is 13.5. The zero-order valence-electron chi connectivity index (χ0n) is 20.4. The minimum absolute atomic E-state index is 0.0286. The molecule has 0 saturated carbocycles. The molecule has 12 heteroatoms. The van der Waals surface area contributed by atoms with Gasteiger partial charge in [-0.15, -0.1) is 11.3 Å². The smallest absolute Gasteiger partial charge is 0.352 e. The molecule has 0 unspecified atom stereocenters. The Hall–Kier alpha value is -3.74. The number of hydrogen-bond donors (Lipinski definition) is 1. The van der Waals surface area contributed by atoms with E-state index in [0.29, 0.717) is 36.4 Å². The van der Waals surface area contributed by atoms with Gasteiger partial charge in [0.15, 0.2) is 6.29 Å². The van der Waals surface area contributed by atoms with E-state index in [1.54, 1.807) is 27.1 Å². The van der Waals surface area contributed by atoms with Gasteiger partial charge in [-0.3, -0.25) is 14.0 Å². The second kappa shape index (κ2) is 10.2. The van der Waals surface area contributed by atoms with Crippen LogP contribution in [-0.2, 0) is 28.6 Å². The zero-order valence-corrected chi connectivity index (χ0v) is 21.2. The highest BCUT2D eigenvalue weighted by Crippen LogP contribution is 2.35. The lowest BCUT2D eigenvalue weighted by Gasteiger charge is -2.27. The Morgan fingerprint density at radius 1 is 1.16 bits per heavy atom. The number of ether oxygens (including phenoxy) is 2. The minimum Gasteiger partial charge on any atom is -0.352 e. The van der Waals surface area contributed by atoms with Crippen molar-refractivity contribution in [2.75, 3.05) is 26.1 Å². The molecule has 0 bridgehead atoms. The zero-order chi connectivity index (χ0) is 27.0. The predicted molar refractivity (Wildman–Crippen MR) is 134 cm³/mol. The molecular weight excluding hydrogens is 521 g/mol. The van der Waals surface area contributed by atoms with Crippen LogP contribution in [-0.4, -0.2) is 46.9 Å². The van der Waals surface area contributed by atoms with Crippen molar-refractivity contribution in [3.63, 3.8) is 0 Å². The van der Waals surface area contributed by atoms with E-state index in [1.807, 2.05) is 18.2 Å². The molecule has 0 radical (unpaired) electrons. The third-order valence-electron chi connectivity index (χ3n) is 6.36. The van der Waals surface area contributed by atoms with Crippen LogP contribution in [0.25, 0.3) is 5.65 Å². The molecule has 8 nitrogen and oxygen atoms in total. The number of carbonyl (C=O) groups is 2. The first-order valence-corrected chi connectivity index (χ1v) is 12.5. The number of rotatable bonds is 6. The number of methoxy groups -OCH3 is 2. The molecule has 1 aliphatic heterocycles. The van der Waals surface area contributed by atoms with Gasteiger partial charge in [-0.2, -0.15) is 13.2 Å². The highest BCUT2D eigenvalue weighted by atomic mass is 32.1. The fraction of sp³-hybridized carbons (Fsp3) is 0.269. The van der Waals surface area contributed by atoms with E-state index in [2.05, 4.69) is 10.3 Å². The van der Waals surface area contributed by atoms with Crippen LogP contribution in [0.5, 0.6) is 0 Å². The number of fused-ring (bicyclic) bond motifs is 2. The van der Waals surface area contributed by atoms with Crippen LogP contribution >= 0.6 is 11.3 Å². The van der Waals surface area contributed by atoms with Gasteiger partial charge in [0.1, 0.15) is 11.3 Å². The minimum atomic E-state index is -4.63. The molecule has 1 aliphatic rings. The maximum absolute atomic E-state index is 13.5. The average Bonchev–Trinajstić information content (AvgIpc) is 3.52. The fourth-order valence-corrected chi connectivity index (χ4v) is 5.63. The van der Waals surface area contributed by atoms with E-state index in [0.717, 1.165) is 22.6 Å². The number of carbonyl (C=O) groups excluding carboxylic acids is 2. The first-order valence-electron chi connectivity index (χ1n) is 11.6. The van der Waals surface area contributed by atoms with Gasteiger partial charge in [-0.1, -0.05) is 6.07 Å². The second-order valence-electron chi connectivity index (χ2n) is 8.70. The number of hydrogen-bond acceptors (Lipinski definition) is 6. The molecule has 1 N–H and O–H groups in total. The summed E-state index contributed by atoms with van der Waals surface area (Å²) in [6.07, 6.45) is -1.90. The van der Waals surface area contributed by atoms with Crippen molar-refractivity contribution in [3.05, 3.63) is 87.0 Å².